The second-order valence-corrected chi connectivity index (χ2v) is 12.2. The Balaban J connectivity index is 1.91. The number of carbonyl (C=O) groups excluding carboxylic acids is 4. The van der Waals surface area contributed by atoms with Crippen molar-refractivity contribution < 1.29 is 41.1 Å². The molecule has 3 rings (SSSR count). The number of ketones is 1. The van der Waals surface area contributed by atoms with Gasteiger partial charge in [0.25, 0.3) is 5.91 Å². The Hall–Kier alpha value is -3.74. The van der Waals surface area contributed by atoms with Gasteiger partial charge in [0, 0.05) is 27.4 Å². The molecule has 252 valence electrons. The zero-order valence-electron chi connectivity index (χ0n) is 24.8. The highest BCUT2D eigenvalue weighted by Gasteiger charge is 2.52. The average molecular weight is 721 g/mol. The molecular weight excluding hydrogens is 692 g/mol. The molecule has 15 heteroatoms. The molecule has 3 aromatic carbocycles. The minimum Gasteiger partial charge on any atom is -0.344 e. The number of nitrogens with one attached hydrogen (secondary N) is 3. The van der Waals surface area contributed by atoms with E-state index in [9.17, 15) is 41.1 Å². The summed E-state index contributed by atoms with van der Waals surface area (Å²) in [5.41, 5.74) is 1.46. The van der Waals surface area contributed by atoms with Crippen LogP contribution in [0.4, 0.5) is 22.0 Å². The van der Waals surface area contributed by atoms with Gasteiger partial charge >= 0.3 is 12.1 Å². The standard InChI is InChI=1S/C32H29Cl3F5N3O4/c1-17(2)26(28(45)32(39,40)30(47)41-16-31(36,37)38)43-29(46)27(19-8-10-21(33)11-9-19)42-25(44)15-24(18-6-4-3-5-7-18)20-12-22(34)14-23(35)13-20/h3-14,17,24,26-27H,15-16H2,1-2H3,(H,41,47)(H,42,44)(H,43,46). The van der Waals surface area contributed by atoms with Gasteiger partial charge < -0.3 is 16.0 Å². The molecule has 3 amide bonds. The molecule has 0 aliphatic rings. The highest BCUT2D eigenvalue weighted by molar-refractivity contribution is 6.34. The van der Waals surface area contributed by atoms with Crippen molar-refractivity contribution in [2.24, 2.45) is 5.92 Å². The summed E-state index contributed by atoms with van der Waals surface area (Å²) in [6, 6.07) is 15.7. The Morgan fingerprint density at radius 3 is 1.83 bits per heavy atom. The van der Waals surface area contributed by atoms with Crippen LogP contribution in [-0.2, 0) is 19.2 Å². The molecule has 0 fully saturated rings. The van der Waals surface area contributed by atoms with Crippen LogP contribution in [0.1, 0.15) is 48.9 Å². The summed E-state index contributed by atoms with van der Waals surface area (Å²) in [6.07, 6.45) is -5.24. The molecule has 7 nitrogen and oxygen atoms in total. The van der Waals surface area contributed by atoms with Gasteiger partial charge in [-0.1, -0.05) is 91.1 Å². The van der Waals surface area contributed by atoms with E-state index in [0.717, 1.165) is 5.32 Å². The van der Waals surface area contributed by atoms with Crippen LogP contribution in [0, 0.1) is 5.92 Å². The fourth-order valence-electron chi connectivity index (χ4n) is 4.62. The van der Waals surface area contributed by atoms with Gasteiger partial charge in [-0.15, -0.1) is 0 Å². The SMILES string of the molecule is CC(C)C(NC(=O)C(NC(=O)CC(c1ccccc1)c1cc(Cl)cc(Cl)c1)c1ccc(Cl)cc1)C(=O)C(F)(F)C(=O)NCC(F)(F)F. The number of benzene rings is 3. The number of alkyl halides is 5. The molecule has 0 spiro atoms. The van der Waals surface area contributed by atoms with Gasteiger partial charge in [-0.05, 0) is 52.9 Å². The maximum absolute atomic E-state index is 14.8. The molecule has 3 atom stereocenters. The topological polar surface area (TPSA) is 104 Å². The van der Waals surface area contributed by atoms with Gasteiger partial charge in [0.2, 0.25) is 17.6 Å². The highest BCUT2D eigenvalue weighted by atomic mass is 35.5. The van der Waals surface area contributed by atoms with E-state index in [-0.39, 0.29) is 17.0 Å². The lowest BCUT2D eigenvalue weighted by atomic mass is 9.88. The lowest BCUT2D eigenvalue weighted by Crippen LogP contribution is -2.58. The maximum atomic E-state index is 14.8. The number of hydrogen-bond acceptors (Lipinski definition) is 4. The van der Waals surface area contributed by atoms with E-state index in [1.54, 1.807) is 42.5 Å². The Morgan fingerprint density at radius 2 is 1.30 bits per heavy atom. The van der Waals surface area contributed by atoms with Gasteiger partial charge in [0.05, 0.1) is 6.04 Å². The van der Waals surface area contributed by atoms with Gasteiger partial charge in [-0.3, -0.25) is 19.2 Å². The predicted molar refractivity (Wildman–Crippen MR) is 167 cm³/mol. The Labute approximate surface area is 282 Å². The fraction of sp³-hybridized carbons (Fsp3) is 0.312. The number of rotatable bonds is 13. The van der Waals surface area contributed by atoms with Crippen LogP contribution >= 0.6 is 34.8 Å². The number of amides is 3. The zero-order valence-corrected chi connectivity index (χ0v) is 27.1. The lowest BCUT2D eigenvalue weighted by molar-refractivity contribution is -0.165. The third kappa shape index (κ3) is 10.6. The van der Waals surface area contributed by atoms with Crippen LogP contribution in [0.3, 0.4) is 0 Å². The van der Waals surface area contributed by atoms with Crippen LogP contribution in [0.15, 0.2) is 72.8 Å². The molecule has 3 aromatic rings. The van der Waals surface area contributed by atoms with E-state index in [1.165, 1.54) is 44.2 Å². The fourth-order valence-corrected chi connectivity index (χ4v) is 5.29. The molecule has 0 aromatic heterocycles. The van der Waals surface area contributed by atoms with E-state index in [1.807, 2.05) is 0 Å². The number of Topliss-reactive ketones (excluding diaryl/α,β-unsaturated/α-hetero) is 1. The summed E-state index contributed by atoms with van der Waals surface area (Å²) in [7, 11) is 0. The largest absolute Gasteiger partial charge is 0.405 e. The van der Waals surface area contributed by atoms with Crippen molar-refractivity contribution in [1.82, 2.24) is 16.0 Å². The number of hydrogen-bond donors (Lipinski definition) is 3. The molecule has 0 aliphatic heterocycles. The number of halogens is 8. The summed E-state index contributed by atoms with van der Waals surface area (Å²) in [5, 5.41) is 6.62. The van der Waals surface area contributed by atoms with Crippen molar-refractivity contribution in [3.05, 3.63) is 105 Å². The van der Waals surface area contributed by atoms with Gasteiger partial charge in [0.15, 0.2) is 0 Å². The lowest BCUT2D eigenvalue weighted by Gasteiger charge is -2.28. The monoisotopic (exact) mass is 719 g/mol. The van der Waals surface area contributed by atoms with Crippen molar-refractivity contribution in [2.45, 2.75) is 50.4 Å². The van der Waals surface area contributed by atoms with Crippen LogP contribution in [0.25, 0.3) is 0 Å². The minimum absolute atomic E-state index is 0.159. The molecule has 0 radical (unpaired) electrons. The van der Waals surface area contributed by atoms with Gasteiger partial charge in [0.1, 0.15) is 12.6 Å². The first-order valence-corrected chi connectivity index (χ1v) is 15.2. The van der Waals surface area contributed by atoms with Crippen LogP contribution in [-0.4, -0.2) is 48.2 Å². The van der Waals surface area contributed by atoms with E-state index >= 15 is 0 Å². The molecule has 0 heterocycles. The summed E-state index contributed by atoms with van der Waals surface area (Å²) in [6.45, 7) is 0.468. The van der Waals surface area contributed by atoms with Crippen LogP contribution in [0.2, 0.25) is 15.1 Å². The second-order valence-electron chi connectivity index (χ2n) is 10.9. The summed E-state index contributed by atoms with van der Waals surface area (Å²) in [5.74, 6) is -13.0. The molecule has 47 heavy (non-hydrogen) atoms. The summed E-state index contributed by atoms with van der Waals surface area (Å²) < 4.78 is 67.0. The van der Waals surface area contributed by atoms with Crippen molar-refractivity contribution in [3.8, 4) is 0 Å². The Bertz CT molecular complexity index is 1570. The summed E-state index contributed by atoms with van der Waals surface area (Å²) in [4.78, 5) is 51.9. The summed E-state index contributed by atoms with van der Waals surface area (Å²) >= 11 is 18.4. The molecule has 0 saturated heterocycles. The van der Waals surface area contributed by atoms with E-state index in [0.29, 0.717) is 21.2 Å². The number of carbonyl (C=O) groups is 4. The zero-order chi connectivity index (χ0) is 35.1. The Morgan fingerprint density at radius 1 is 0.723 bits per heavy atom. The molecular formula is C32H29Cl3F5N3O4. The first-order valence-electron chi connectivity index (χ1n) is 14.0. The van der Waals surface area contributed by atoms with Gasteiger partial charge in [-0.25, -0.2) is 0 Å². The van der Waals surface area contributed by atoms with Crippen molar-refractivity contribution in [1.29, 1.82) is 0 Å². The molecule has 0 aliphatic carbocycles. The second kappa shape index (κ2) is 15.9. The van der Waals surface area contributed by atoms with Crippen LogP contribution in [0.5, 0.6) is 0 Å². The molecule has 3 unspecified atom stereocenters. The van der Waals surface area contributed by atoms with Gasteiger partial charge in [-0.2, -0.15) is 22.0 Å². The minimum atomic E-state index is -5.01. The molecule has 0 saturated carbocycles. The van der Waals surface area contributed by atoms with E-state index in [4.69, 9.17) is 34.8 Å². The van der Waals surface area contributed by atoms with Crippen LogP contribution < -0.4 is 16.0 Å². The Kier molecular flexibility index (Phi) is 12.8. The maximum Gasteiger partial charge on any atom is 0.405 e. The third-order valence-corrected chi connectivity index (χ3v) is 7.63. The average Bonchev–Trinajstić information content (AvgIpc) is 2.99. The van der Waals surface area contributed by atoms with Crippen molar-refractivity contribution >= 4 is 58.3 Å². The first kappa shape index (κ1) is 37.7. The third-order valence-electron chi connectivity index (χ3n) is 6.94. The van der Waals surface area contributed by atoms with E-state index in [2.05, 4.69) is 10.6 Å². The first-order chi connectivity index (χ1) is 21.9. The van der Waals surface area contributed by atoms with E-state index < -0.39 is 66.1 Å². The van der Waals surface area contributed by atoms with Crippen molar-refractivity contribution in [3.63, 3.8) is 0 Å². The van der Waals surface area contributed by atoms with Crippen molar-refractivity contribution in [2.75, 3.05) is 6.54 Å². The normalized spacial score (nSPS) is 13.8. The smallest absolute Gasteiger partial charge is 0.344 e. The highest BCUT2D eigenvalue weighted by Crippen LogP contribution is 2.32. The quantitative estimate of drug-likeness (QED) is 0.130. The molecule has 3 N–H and O–H groups in total. The predicted octanol–water partition coefficient (Wildman–Crippen LogP) is 7.05. The molecule has 0 bridgehead atoms.